The molecule has 0 fully saturated rings. The second-order valence-corrected chi connectivity index (χ2v) is 4.07. The molecule has 0 saturated carbocycles. The van der Waals surface area contributed by atoms with E-state index in [2.05, 4.69) is 4.98 Å². The van der Waals surface area contributed by atoms with E-state index in [0.29, 0.717) is 36.4 Å². The summed E-state index contributed by atoms with van der Waals surface area (Å²) in [6, 6.07) is 10.9. The summed E-state index contributed by atoms with van der Waals surface area (Å²) in [4.78, 5) is 4.25. The second kappa shape index (κ2) is 6.77. The summed E-state index contributed by atoms with van der Waals surface area (Å²) >= 11 is 0. The summed E-state index contributed by atoms with van der Waals surface area (Å²) in [7, 11) is 1.60. The van der Waals surface area contributed by atoms with Gasteiger partial charge < -0.3 is 19.9 Å². The number of nitrogens with two attached hydrogens (primary N) is 1. The minimum Gasteiger partial charge on any atom is -0.497 e. The van der Waals surface area contributed by atoms with Crippen LogP contribution < -0.4 is 19.9 Å². The van der Waals surface area contributed by atoms with Crippen LogP contribution in [0.2, 0.25) is 0 Å². The first-order chi connectivity index (χ1) is 9.75. The zero-order valence-electron chi connectivity index (χ0n) is 11.6. The van der Waals surface area contributed by atoms with Crippen LogP contribution >= 0.6 is 0 Å². The van der Waals surface area contributed by atoms with Crippen molar-refractivity contribution in [2.75, 3.05) is 13.7 Å². The Hall–Kier alpha value is -2.27. The molecule has 106 valence electrons. The van der Waals surface area contributed by atoms with E-state index >= 15 is 0 Å². The zero-order valence-corrected chi connectivity index (χ0v) is 11.6. The summed E-state index contributed by atoms with van der Waals surface area (Å²) in [5.74, 6) is 2.33. The molecule has 1 aromatic heterocycles. The van der Waals surface area contributed by atoms with Crippen LogP contribution in [0.4, 0.5) is 0 Å². The monoisotopic (exact) mass is 274 g/mol. The Kier molecular flexibility index (Phi) is 4.79. The molecule has 0 radical (unpaired) electrons. The van der Waals surface area contributed by atoms with E-state index in [9.17, 15) is 0 Å². The van der Waals surface area contributed by atoms with Crippen LogP contribution in [0.3, 0.4) is 0 Å². The molecule has 5 nitrogen and oxygen atoms in total. The lowest BCUT2D eigenvalue weighted by Gasteiger charge is -2.10. The van der Waals surface area contributed by atoms with Gasteiger partial charge in [0.05, 0.1) is 13.7 Å². The number of nitrogens with zero attached hydrogens (tertiary/aromatic N) is 1. The van der Waals surface area contributed by atoms with Gasteiger partial charge in [-0.2, -0.15) is 4.98 Å². The summed E-state index contributed by atoms with van der Waals surface area (Å²) in [6.45, 7) is 2.89. The Labute approximate surface area is 118 Å². The third-order valence-corrected chi connectivity index (χ3v) is 2.62. The standard InChI is InChI=1S/C15H18N2O3/c1-3-19-14-5-4-6-15(17-14)20-13-8-11(10-16)7-12(9-13)18-2/h4-9H,3,10,16H2,1-2H3. The molecule has 0 atom stereocenters. The molecule has 0 aliphatic rings. The Morgan fingerprint density at radius 3 is 2.55 bits per heavy atom. The van der Waals surface area contributed by atoms with E-state index in [0.717, 1.165) is 5.56 Å². The van der Waals surface area contributed by atoms with Gasteiger partial charge in [-0.1, -0.05) is 6.07 Å². The molecule has 2 rings (SSSR count). The molecule has 1 aromatic carbocycles. The van der Waals surface area contributed by atoms with Crippen LogP contribution in [0.5, 0.6) is 23.3 Å². The van der Waals surface area contributed by atoms with Crippen LogP contribution in [0.25, 0.3) is 0 Å². The van der Waals surface area contributed by atoms with Crippen molar-refractivity contribution in [3.63, 3.8) is 0 Å². The molecular weight excluding hydrogens is 256 g/mol. The van der Waals surface area contributed by atoms with Gasteiger partial charge in [0.15, 0.2) is 0 Å². The van der Waals surface area contributed by atoms with E-state index in [1.807, 2.05) is 25.1 Å². The molecule has 0 amide bonds. The largest absolute Gasteiger partial charge is 0.497 e. The summed E-state index contributed by atoms with van der Waals surface area (Å²) in [5, 5.41) is 0. The number of benzene rings is 1. The highest BCUT2D eigenvalue weighted by atomic mass is 16.5. The van der Waals surface area contributed by atoms with E-state index in [1.54, 1.807) is 25.3 Å². The fourth-order valence-electron chi connectivity index (χ4n) is 1.73. The van der Waals surface area contributed by atoms with Crippen molar-refractivity contribution in [1.82, 2.24) is 4.98 Å². The molecule has 0 bridgehead atoms. The molecule has 0 aliphatic heterocycles. The van der Waals surface area contributed by atoms with Gasteiger partial charge in [0.25, 0.3) is 0 Å². The van der Waals surface area contributed by atoms with Gasteiger partial charge in [-0.05, 0) is 24.6 Å². The lowest BCUT2D eigenvalue weighted by molar-refractivity contribution is 0.321. The highest BCUT2D eigenvalue weighted by Gasteiger charge is 2.05. The first-order valence-corrected chi connectivity index (χ1v) is 6.41. The fraction of sp³-hybridized carbons (Fsp3) is 0.267. The third-order valence-electron chi connectivity index (χ3n) is 2.62. The number of aromatic nitrogens is 1. The summed E-state index contributed by atoms with van der Waals surface area (Å²) < 4.78 is 16.3. The predicted octanol–water partition coefficient (Wildman–Crippen LogP) is 2.74. The maximum Gasteiger partial charge on any atom is 0.222 e. The Morgan fingerprint density at radius 2 is 1.85 bits per heavy atom. The van der Waals surface area contributed by atoms with E-state index < -0.39 is 0 Å². The lowest BCUT2D eigenvalue weighted by atomic mass is 10.2. The molecule has 2 aromatic rings. The van der Waals surface area contributed by atoms with Crippen molar-refractivity contribution in [2.24, 2.45) is 5.73 Å². The molecule has 5 heteroatoms. The Bertz CT molecular complexity index is 551. The minimum absolute atomic E-state index is 0.417. The maximum absolute atomic E-state index is 5.72. The summed E-state index contributed by atoms with van der Waals surface area (Å²) in [6.07, 6.45) is 0. The molecule has 1 heterocycles. The minimum atomic E-state index is 0.417. The molecular formula is C15H18N2O3. The van der Waals surface area contributed by atoms with Gasteiger partial charge in [0.2, 0.25) is 11.8 Å². The SMILES string of the molecule is CCOc1cccc(Oc2cc(CN)cc(OC)c2)n1. The molecule has 20 heavy (non-hydrogen) atoms. The van der Waals surface area contributed by atoms with E-state index in [1.165, 1.54) is 0 Å². The summed E-state index contributed by atoms with van der Waals surface area (Å²) in [5.41, 5.74) is 6.58. The highest BCUT2D eigenvalue weighted by molar-refractivity contribution is 5.40. The Balaban J connectivity index is 2.22. The first-order valence-electron chi connectivity index (χ1n) is 6.41. The van der Waals surface area contributed by atoms with E-state index in [4.69, 9.17) is 19.9 Å². The lowest BCUT2D eigenvalue weighted by Crippen LogP contribution is -1.99. The number of rotatable bonds is 6. The number of hydrogen-bond acceptors (Lipinski definition) is 5. The predicted molar refractivity (Wildman–Crippen MR) is 76.4 cm³/mol. The van der Waals surface area contributed by atoms with Gasteiger partial charge in [-0.3, -0.25) is 0 Å². The maximum atomic E-state index is 5.72. The van der Waals surface area contributed by atoms with Gasteiger partial charge in [-0.25, -0.2) is 0 Å². The normalized spacial score (nSPS) is 10.2. The number of methoxy groups -OCH3 is 1. The molecule has 0 unspecified atom stereocenters. The van der Waals surface area contributed by atoms with Crippen LogP contribution in [0.15, 0.2) is 36.4 Å². The third kappa shape index (κ3) is 3.61. The van der Waals surface area contributed by atoms with Gasteiger partial charge in [0, 0.05) is 24.7 Å². The van der Waals surface area contributed by atoms with Crippen LogP contribution in [0, 0.1) is 0 Å². The smallest absolute Gasteiger partial charge is 0.222 e. The molecule has 0 spiro atoms. The van der Waals surface area contributed by atoms with E-state index in [-0.39, 0.29) is 0 Å². The Morgan fingerprint density at radius 1 is 1.10 bits per heavy atom. The number of ether oxygens (including phenoxy) is 3. The van der Waals surface area contributed by atoms with Crippen molar-refractivity contribution in [2.45, 2.75) is 13.5 Å². The quantitative estimate of drug-likeness (QED) is 0.877. The molecule has 0 saturated heterocycles. The van der Waals surface area contributed by atoms with Crippen molar-refractivity contribution < 1.29 is 14.2 Å². The van der Waals surface area contributed by atoms with Gasteiger partial charge >= 0.3 is 0 Å². The van der Waals surface area contributed by atoms with Crippen LogP contribution in [-0.2, 0) is 6.54 Å². The highest BCUT2D eigenvalue weighted by Crippen LogP contribution is 2.27. The number of hydrogen-bond donors (Lipinski definition) is 1. The van der Waals surface area contributed by atoms with Crippen molar-refractivity contribution in [3.8, 4) is 23.3 Å². The van der Waals surface area contributed by atoms with Crippen LogP contribution in [0.1, 0.15) is 12.5 Å². The topological polar surface area (TPSA) is 66.6 Å². The van der Waals surface area contributed by atoms with Gasteiger partial charge in [0.1, 0.15) is 11.5 Å². The molecule has 0 aliphatic carbocycles. The van der Waals surface area contributed by atoms with Crippen molar-refractivity contribution in [1.29, 1.82) is 0 Å². The van der Waals surface area contributed by atoms with Crippen molar-refractivity contribution >= 4 is 0 Å². The fourth-order valence-corrected chi connectivity index (χ4v) is 1.73. The van der Waals surface area contributed by atoms with Crippen molar-refractivity contribution in [3.05, 3.63) is 42.0 Å². The molecule has 2 N–H and O–H groups in total. The number of pyridine rings is 1. The van der Waals surface area contributed by atoms with Gasteiger partial charge in [-0.15, -0.1) is 0 Å². The average Bonchev–Trinajstić information content (AvgIpc) is 2.47. The zero-order chi connectivity index (χ0) is 14.4. The van der Waals surface area contributed by atoms with Crippen LogP contribution in [-0.4, -0.2) is 18.7 Å². The second-order valence-electron chi connectivity index (χ2n) is 4.07. The first kappa shape index (κ1) is 14.1. The average molecular weight is 274 g/mol.